The summed E-state index contributed by atoms with van der Waals surface area (Å²) < 4.78 is 43.7. The number of alkyl halides is 4. The summed E-state index contributed by atoms with van der Waals surface area (Å²) in [5, 5.41) is 9.60. The molecule has 1 unspecified atom stereocenters. The van der Waals surface area contributed by atoms with Crippen molar-refractivity contribution in [3.05, 3.63) is 35.4 Å². The average molecular weight is 454 g/mol. The third-order valence-corrected chi connectivity index (χ3v) is 4.36. The maximum atomic E-state index is 12.7. The number of carboxylic acid groups (broad SMARTS) is 1. The van der Waals surface area contributed by atoms with Crippen LogP contribution in [0.5, 0.6) is 0 Å². The van der Waals surface area contributed by atoms with Crippen LogP contribution in [0.4, 0.5) is 13.2 Å². The summed E-state index contributed by atoms with van der Waals surface area (Å²) in [6.45, 7) is 6.17. The number of hydrogen-bond acceptors (Lipinski definition) is 3. The molecule has 0 aliphatic carbocycles. The molecular weight excluding hydrogens is 431 g/mol. The molecule has 1 amide bonds. The molecule has 0 aliphatic rings. The van der Waals surface area contributed by atoms with Crippen LogP contribution >= 0.6 is 15.9 Å². The van der Waals surface area contributed by atoms with Crippen LogP contribution in [0.15, 0.2) is 24.3 Å². The lowest BCUT2D eigenvalue weighted by atomic mass is 9.99. The van der Waals surface area contributed by atoms with Gasteiger partial charge in [0.1, 0.15) is 0 Å². The SMILES string of the molecule is CC(C)(C)OCC(C)(C(=O)O)N(Cc1ccc(C(F)(F)F)cc1)C(=O)CBr. The summed E-state index contributed by atoms with van der Waals surface area (Å²) in [6.07, 6.45) is -4.47. The smallest absolute Gasteiger partial charge is 0.416 e. The first-order chi connectivity index (χ1) is 12.2. The lowest BCUT2D eigenvalue weighted by molar-refractivity contribution is -0.166. The second-order valence-corrected chi connectivity index (χ2v) is 7.85. The summed E-state index contributed by atoms with van der Waals surface area (Å²) in [7, 11) is 0. The van der Waals surface area contributed by atoms with Crippen molar-refractivity contribution < 1.29 is 32.6 Å². The van der Waals surface area contributed by atoms with E-state index in [0.29, 0.717) is 5.56 Å². The predicted molar refractivity (Wildman–Crippen MR) is 97.5 cm³/mol. The Morgan fingerprint density at radius 3 is 2.00 bits per heavy atom. The molecule has 0 saturated heterocycles. The van der Waals surface area contributed by atoms with Crippen molar-refractivity contribution >= 4 is 27.8 Å². The number of carbonyl (C=O) groups is 2. The molecule has 1 aromatic rings. The molecule has 152 valence electrons. The van der Waals surface area contributed by atoms with Crippen molar-refractivity contribution in [2.45, 2.75) is 51.6 Å². The molecular formula is C18H23BrF3NO4. The number of carboxylic acids is 1. The van der Waals surface area contributed by atoms with Crippen LogP contribution in [0.1, 0.15) is 38.8 Å². The van der Waals surface area contributed by atoms with Gasteiger partial charge < -0.3 is 14.7 Å². The number of halogens is 4. The molecule has 1 N–H and O–H groups in total. The number of ether oxygens (including phenoxy) is 1. The number of benzene rings is 1. The number of carbonyl (C=O) groups excluding carboxylic acids is 1. The molecule has 1 atom stereocenters. The van der Waals surface area contributed by atoms with Gasteiger partial charge in [0.15, 0.2) is 5.54 Å². The van der Waals surface area contributed by atoms with E-state index in [2.05, 4.69) is 15.9 Å². The molecule has 0 fully saturated rings. The Bertz CT molecular complexity index is 671. The fourth-order valence-electron chi connectivity index (χ4n) is 2.20. The van der Waals surface area contributed by atoms with Crippen molar-refractivity contribution in [2.24, 2.45) is 0 Å². The quantitative estimate of drug-likeness (QED) is 0.631. The number of rotatable bonds is 7. The maximum absolute atomic E-state index is 12.7. The monoisotopic (exact) mass is 453 g/mol. The number of hydrogen-bond donors (Lipinski definition) is 1. The summed E-state index contributed by atoms with van der Waals surface area (Å²) in [5.74, 6) is -1.79. The number of aliphatic carboxylic acids is 1. The Morgan fingerprint density at radius 2 is 1.63 bits per heavy atom. The topological polar surface area (TPSA) is 66.8 Å². The van der Waals surface area contributed by atoms with Crippen LogP contribution in [-0.2, 0) is 27.0 Å². The van der Waals surface area contributed by atoms with Crippen molar-refractivity contribution in [1.29, 1.82) is 0 Å². The standard InChI is InChI=1S/C18H23BrF3NO4/c1-16(2,3)27-11-17(4,15(25)26)23(14(24)9-19)10-12-5-7-13(8-6-12)18(20,21)22/h5-8H,9-11H2,1-4H3,(H,25,26). The highest BCUT2D eigenvalue weighted by atomic mass is 79.9. The summed E-state index contributed by atoms with van der Waals surface area (Å²) in [5.41, 5.74) is -2.77. The van der Waals surface area contributed by atoms with E-state index in [-0.39, 0.29) is 18.5 Å². The first-order valence-corrected chi connectivity index (χ1v) is 9.23. The van der Waals surface area contributed by atoms with Crippen LogP contribution < -0.4 is 0 Å². The van der Waals surface area contributed by atoms with E-state index >= 15 is 0 Å². The maximum Gasteiger partial charge on any atom is 0.416 e. The molecule has 0 spiro atoms. The van der Waals surface area contributed by atoms with Gasteiger partial charge in [0.05, 0.1) is 23.1 Å². The van der Waals surface area contributed by atoms with Crippen LogP contribution in [0, 0.1) is 0 Å². The zero-order chi connectivity index (χ0) is 21.0. The minimum atomic E-state index is -4.47. The molecule has 0 aromatic heterocycles. The lowest BCUT2D eigenvalue weighted by Crippen LogP contribution is -2.58. The molecule has 1 rings (SSSR count). The summed E-state index contributed by atoms with van der Waals surface area (Å²) in [4.78, 5) is 25.4. The molecule has 0 saturated carbocycles. The Hall–Kier alpha value is -1.61. The van der Waals surface area contributed by atoms with E-state index in [1.807, 2.05) is 0 Å². The van der Waals surface area contributed by atoms with Gasteiger partial charge in [0, 0.05) is 6.54 Å². The van der Waals surface area contributed by atoms with Gasteiger partial charge in [-0.15, -0.1) is 0 Å². The zero-order valence-corrected chi connectivity index (χ0v) is 17.1. The van der Waals surface area contributed by atoms with Gasteiger partial charge in [-0.3, -0.25) is 4.79 Å². The average Bonchev–Trinajstić information content (AvgIpc) is 2.55. The largest absolute Gasteiger partial charge is 0.479 e. The summed E-state index contributed by atoms with van der Waals surface area (Å²) >= 11 is 3.02. The van der Waals surface area contributed by atoms with Gasteiger partial charge in [0.25, 0.3) is 0 Å². The first kappa shape index (κ1) is 23.4. The predicted octanol–water partition coefficient (Wildman–Crippen LogP) is 4.09. The van der Waals surface area contributed by atoms with Gasteiger partial charge in [0.2, 0.25) is 5.91 Å². The molecule has 0 heterocycles. The van der Waals surface area contributed by atoms with Gasteiger partial charge in [-0.25, -0.2) is 4.79 Å². The fourth-order valence-corrected chi connectivity index (χ4v) is 2.51. The highest BCUT2D eigenvalue weighted by Gasteiger charge is 2.43. The molecule has 0 radical (unpaired) electrons. The van der Waals surface area contributed by atoms with Gasteiger partial charge in [-0.1, -0.05) is 28.1 Å². The van der Waals surface area contributed by atoms with E-state index in [0.717, 1.165) is 17.0 Å². The first-order valence-electron chi connectivity index (χ1n) is 8.10. The van der Waals surface area contributed by atoms with E-state index in [1.165, 1.54) is 19.1 Å². The Kier molecular flexibility index (Phi) is 7.46. The van der Waals surface area contributed by atoms with Gasteiger partial charge in [-0.2, -0.15) is 13.2 Å². The Labute approximate surface area is 164 Å². The second-order valence-electron chi connectivity index (χ2n) is 7.29. The fraction of sp³-hybridized carbons (Fsp3) is 0.556. The number of nitrogens with zero attached hydrogens (tertiary/aromatic N) is 1. The van der Waals surface area contributed by atoms with Crippen molar-refractivity contribution in [3.8, 4) is 0 Å². The van der Waals surface area contributed by atoms with Crippen molar-refractivity contribution in [3.63, 3.8) is 0 Å². The van der Waals surface area contributed by atoms with Gasteiger partial charge >= 0.3 is 12.1 Å². The Balaban J connectivity index is 3.19. The zero-order valence-electron chi connectivity index (χ0n) is 15.6. The molecule has 9 heteroatoms. The normalized spacial score (nSPS) is 14.5. The van der Waals surface area contributed by atoms with Crippen LogP contribution in [0.2, 0.25) is 0 Å². The molecule has 0 bridgehead atoms. The molecule has 1 aromatic carbocycles. The number of amides is 1. The minimum Gasteiger partial charge on any atom is -0.479 e. The minimum absolute atomic E-state index is 0.133. The molecule has 27 heavy (non-hydrogen) atoms. The van der Waals surface area contributed by atoms with Crippen LogP contribution in [0.3, 0.4) is 0 Å². The highest BCUT2D eigenvalue weighted by Crippen LogP contribution is 2.30. The second kappa shape index (κ2) is 8.60. The summed E-state index contributed by atoms with van der Waals surface area (Å²) in [6, 6.07) is 4.25. The third-order valence-electron chi connectivity index (χ3n) is 3.88. The molecule has 0 aliphatic heterocycles. The molecule has 5 nitrogen and oxygen atoms in total. The van der Waals surface area contributed by atoms with Crippen molar-refractivity contribution in [2.75, 3.05) is 11.9 Å². The van der Waals surface area contributed by atoms with Gasteiger partial charge in [-0.05, 0) is 45.4 Å². The van der Waals surface area contributed by atoms with E-state index in [9.17, 15) is 27.9 Å². The van der Waals surface area contributed by atoms with Crippen LogP contribution in [-0.4, -0.2) is 45.0 Å². The van der Waals surface area contributed by atoms with E-state index in [4.69, 9.17) is 4.74 Å². The van der Waals surface area contributed by atoms with Crippen molar-refractivity contribution in [1.82, 2.24) is 4.90 Å². The third kappa shape index (κ3) is 6.49. The van der Waals surface area contributed by atoms with Crippen LogP contribution in [0.25, 0.3) is 0 Å². The van der Waals surface area contributed by atoms with E-state index in [1.54, 1.807) is 20.8 Å². The lowest BCUT2D eigenvalue weighted by Gasteiger charge is -2.39. The van der Waals surface area contributed by atoms with E-state index < -0.39 is 34.8 Å². The highest BCUT2D eigenvalue weighted by molar-refractivity contribution is 9.09. The Morgan fingerprint density at radius 1 is 1.11 bits per heavy atom.